The van der Waals surface area contributed by atoms with Crippen LogP contribution in [0.25, 0.3) is 0 Å². The Labute approximate surface area is 160 Å². The van der Waals surface area contributed by atoms with Gasteiger partial charge in [-0.1, -0.05) is 44.1 Å². The Kier molecular flexibility index (Phi) is 6.45. The predicted octanol–water partition coefficient (Wildman–Crippen LogP) is 5.68. The van der Waals surface area contributed by atoms with Gasteiger partial charge < -0.3 is 10.8 Å². The summed E-state index contributed by atoms with van der Waals surface area (Å²) in [4.78, 5) is 0. The highest BCUT2D eigenvalue weighted by atomic mass is 16.3. The van der Waals surface area contributed by atoms with Crippen LogP contribution in [0.1, 0.15) is 84.5 Å². The third kappa shape index (κ3) is 4.51. The fourth-order valence-electron chi connectivity index (χ4n) is 5.50. The Morgan fingerprint density at radius 3 is 2.85 bits per heavy atom. The average Bonchev–Trinajstić information content (AvgIpc) is 3.05. The zero-order valence-corrected chi connectivity index (χ0v) is 17.0. The van der Waals surface area contributed by atoms with Gasteiger partial charge in [0, 0.05) is 5.54 Å². The molecule has 3 rings (SSSR count). The number of fused-ring (bicyclic) bond motifs is 1. The van der Waals surface area contributed by atoms with E-state index < -0.39 is 0 Å². The van der Waals surface area contributed by atoms with Gasteiger partial charge in [-0.15, -0.1) is 0 Å². The molecule has 2 saturated carbocycles. The number of aliphatic hydroxyl groups excluding tert-OH is 1. The summed E-state index contributed by atoms with van der Waals surface area (Å²) in [5.41, 5.74) is 9.53. The summed E-state index contributed by atoms with van der Waals surface area (Å²) in [6.45, 7) is 4.67. The van der Waals surface area contributed by atoms with Crippen molar-refractivity contribution in [2.24, 2.45) is 23.0 Å². The molecule has 3 N–H and O–H groups in total. The van der Waals surface area contributed by atoms with Crippen LogP contribution < -0.4 is 5.73 Å². The number of aliphatic hydroxyl groups is 1. The van der Waals surface area contributed by atoms with Crippen LogP contribution in [-0.2, 0) is 0 Å². The zero-order valence-electron chi connectivity index (χ0n) is 17.0. The van der Waals surface area contributed by atoms with E-state index in [1.807, 2.05) is 0 Å². The SMILES string of the molecule is C/C=C/CCCC[C@@H]1CCC2=CC(C)([C@H]3CC[C@](N)(CO)C3)CC=C2C1. The molecule has 2 fully saturated rings. The lowest BCUT2D eigenvalue weighted by Crippen LogP contribution is -2.42. The van der Waals surface area contributed by atoms with Crippen molar-refractivity contribution in [3.05, 3.63) is 35.5 Å². The van der Waals surface area contributed by atoms with E-state index in [1.54, 1.807) is 11.1 Å². The highest BCUT2D eigenvalue weighted by Gasteiger charge is 2.44. The summed E-state index contributed by atoms with van der Waals surface area (Å²) in [7, 11) is 0. The van der Waals surface area contributed by atoms with Crippen molar-refractivity contribution in [1.82, 2.24) is 0 Å². The van der Waals surface area contributed by atoms with Crippen LogP contribution >= 0.6 is 0 Å². The molecule has 3 aliphatic rings. The molecule has 0 aliphatic heterocycles. The molecule has 26 heavy (non-hydrogen) atoms. The lowest BCUT2D eigenvalue weighted by Gasteiger charge is -2.39. The van der Waals surface area contributed by atoms with Crippen LogP contribution in [0.4, 0.5) is 0 Å². The summed E-state index contributed by atoms with van der Waals surface area (Å²) in [6.07, 6.45) is 23.2. The largest absolute Gasteiger partial charge is 0.394 e. The van der Waals surface area contributed by atoms with Gasteiger partial charge in [-0.3, -0.25) is 0 Å². The molecule has 0 amide bonds. The van der Waals surface area contributed by atoms with Gasteiger partial charge in [0.25, 0.3) is 0 Å². The maximum absolute atomic E-state index is 9.60. The number of nitrogens with two attached hydrogens (primary N) is 1. The first kappa shape index (κ1) is 19.9. The second kappa shape index (κ2) is 8.44. The molecule has 3 aliphatic carbocycles. The molecule has 2 heteroatoms. The van der Waals surface area contributed by atoms with E-state index in [1.165, 1.54) is 44.9 Å². The Bertz CT molecular complexity index is 575. The lowest BCUT2D eigenvalue weighted by molar-refractivity contribution is 0.179. The molecular formula is C24H39NO. The Balaban J connectivity index is 1.54. The number of unbranched alkanes of at least 4 members (excludes halogenated alkanes) is 2. The normalized spacial score (nSPS) is 37.5. The third-order valence-electron chi connectivity index (χ3n) is 7.40. The molecule has 4 atom stereocenters. The minimum Gasteiger partial charge on any atom is -0.394 e. The quantitative estimate of drug-likeness (QED) is 0.455. The Hall–Kier alpha value is -0.860. The van der Waals surface area contributed by atoms with Gasteiger partial charge in [0.2, 0.25) is 0 Å². The van der Waals surface area contributed by atoms with Gasteiger partial charge in [-0.2, -0.15) is 0 Å². The van der Waals surface area contributed by atoms with Crippen LogP contribution in [0.2, 0.25) is 0 Å². The molecule has 0 saturated heterocycles. The second-order valence-electron chi connectivity index (χ2n) is 9.53. The molecule has 0 aromatic rings. The maximum atomic E-state index is 9.60. The molecule has 0 radical (unpaired) electrons. The highest BCUT2D eigenvalue weighted by molar-refractivity contribution is 5.39. The molecule has 0 aromatic carbocycles. The van der Waals surface area contributed by atoms with Crippen molar-refractivity contribution in [3.63, 3.8) is 0 Å². The average molecular weight is 358 g/mol. The van der Waals surface area contributed by atoms with Crippen molar-refractivity contribution in [2.45, 2.75) is 90.0 Å². The van der Waals surface area contributed by atoms with Gasteiger partial charge >= 0.3 is 0 Å². The van der Waals surface area contributed by atoms with Gasteiger partial charge in [0.05, 0.1) is 6.61 Å². The molecule has 146 valence electrons. The minimum absolute atomic E-state index is 0.132. The Morgan fingerprint density at radius 2 is 2.12 bits per heavy atom. The molecule has 0 bridgehead atoms. The van der Waals surface area contributed by atoms with E-state index in [2.05, 4.69) is 38.2 Å². The van der Waals surface area contributed by atoms with E-state index in [0.29, 0.717) is 5.92 Å². The predicted molar refractivity (Wildman–Crippen MR) is 111 cm³/mol. The zero-order chi connectivity index (χ0) is 18.6. The first-order chi connectivity index (χ1) is 12.5. The topological polar surface area (TPSA) is 46.2 Å². The van der Waals surface area contributed by atoms with E-state index in [9.17, 15) is 5.11 Å². The van der Waals surface area contributed by atoms with Gasteiger partial charge in [-0.25, -0.2) is 0 Å². The van der Waals surface area contributed by atoms with Gasteiger partial charge in [0.15, 0.2) is 0 Å². The summed E-state index contributed by atoms with van der Waals surface area (Å²) in [5.74, 6) is 1.51. The van der Waals surface area contributed by atoms with Crippen LogP contribution in [0.3, 0.4) is 0 Å². The number of hydrogen-bond donors (Lipinski definition) is 2. The van der Waals surface area contributed by atoms with Crippen molar-refractivity contribution in [2.75, 3.05) is 6.61 Å². The van der Waals surface area contributed by atoms with E-state index in [4.69, 9.17) is 5.73 Å². The summed E-state index contributed by atoms with van der Waals surface area (Å²) < 4.78 is 0. The van der Waals surface area contributed by atoms with Gasteiger partial charge in [-0.05, 0) is 93.1 Å². The summed E-state index contributed by atoms with van der Waals surface area (Å²) in [6, 6.07) is 0. The molecule has 1 unspecified atom stereocenters. The van der Waals surface area contributed by atoms with Crippen molar-refractivity contribution in [1.29, 1.82) is 0 Å². The van der Waals surface area contributed by atoms with E-state index in [0.717, 1.165) is 31.6 Å². The van der Waals surface area contributed by atoms with Crippen molar-refractivity contribution >= 4 is 0 Å². The number of rotatable bonds is 7. The van der Waals surface area contributed by atoms with Crippen molar-refractivity contribution in [3.8, 4) is 0 Å². The van der Waals surface area contributed by atoms with Gasteiger partial charge in [0.1, 0.15) is 0 Å². The summed E-state index contributed by atoms with van der Waals surface area (Å²) >= 11 is 0. The smallest absolute Gasteiger partial charge is 0.0611 e. The number of hydrogen-bond acceptors (Lipinski definition) is 2. The standard InChI is InChI=1S/C24H39NO/c1-3-4-5-6-7-8-19-9-10-21-16-23(2,13-11-20(21)15-19)22-12-14-24(25,17-22)18-26/h3-4,11,16,19,22,26H,5-10,12-15,17-18,25H2,1-2H3/b4-3+/t19-,22+,23?,24-/m1/s1. The Morgan fingerprint density at radius 1 is 1.27 bits per heavy atom. The monoisotopic (exact) mass is 357 g/mol. The number of allylic oxidation sites excluding steroid dienone is 6. The van der Waals surface area contributed by atoms with Crippen LogP contribution in [-0.4, -0.2) is 17.3 Å². The van der Waals surface area contributed by atoms with E-state index >= 15 is 0 Å². The maximum Gasteiger partial charge on any atom is 0.0611 e. The van der Waals surface area contributed by atoms with Crippen molar-refractivity contribution < 1.29 is 5.11 Å². The molecule has 0 spiro atoms. The highest BCUT2D eigenvalue weighted by Crippen LogP contribution is 2.51. The first-order valence-corrected chi connectivity index (χ1v) is 10.9. The molecular weight excluding hydrogens is 318 g/mol. The van der Waals surface area contributed by atoms with Crippen LogP contribution in [0.15, 0.2) is 35.5 Å². The third-order valence-corrected chi connectivity index (χ3v) is 7.40. The second-order valence-corrected chi connectivity index (χ2v) is 9.53. The molecule has 2 nitrogen and oxygen atoms in total. The van der Waals surface area contributed by atoms with Crippen LogP contribution in [0.5, 0.6) is 0 Å². The summed E-state index contributed by atoms with van der Waals surface area (Å²) in [5, 5.41) is 9.60. The fourth-order valence-corrected chi connectivity index (χ4v) is 5.50. The molecule has 0 aromatic heterocycles. The van der Waals surface area contributed by atoms with Crippen LogP contribution in [0, 0.1) is 17.3 Å². The minimum atomic E-state index is -0.333. The fraction of sp³-hybridized carbons (Fsp3) is 0.750. The van der Waals surface area contributed by atoms with E-state index in [-0.39, 0.29) is 17.6 Å². The first-order valence-electron chi connectivity index (χ1n) is 10.9. The molecule has 0 heterocycles. The lowest BCUT2D eigenvalue weighted by atomic mass is 9.66.